The lowest BCUT2D eigenvalue weighted by molar-refractivity contribution is 0.560. The van der Waals surface area contributed by atoms with Crippen molar-refractivity contribution in [1.82, 2.24) is 4.57 Å². The van der Waals surface area contributed by atoms with Crippen LogP contribution in [0.1, 0.15) is 47.0 Å². The van der Waals surface area contributed by atoms with Gasteiger partial charge in [0.05, 0.1) is 11.3 Å². The average Bonchev–Trinajstić information content (AvgIpc) is 2.76. The van der Waals surface area contributed by atoms with Crippen LogP contribution in [0, 0.1) is 25.2 Å². The minimum absolute atomic E-state index is 0.133. The molecule has 1 unspecified atom stereocenters. The topological polar surface area (TPSA) is 54.7 Å². The van der Waals surface area contributed by atoms with Gasteiger partial charge in [0.25, 0.3) is 0 Å². The molecular weight excluding hydrogens is 246 g/mol. The van der Waals surface area contributed by atoms with Crippen LogP contribution in [0.15, 0.2) is 24.3 Å². The van der Waals surface area contributed by atoms with Crippen molar-refractivity contribution in [2.75, 3.05) is 0 Å². The van der Waals surface area contributed by atoms with E-state index in [2.05, 4.69) is 23.6 Å². The number of nitrogens with two attached hydrogens (primary N) is 1. The van der Waals surface area contributed by atoms with Crippen LogP contribution in [0.4, 0.5) is 0 Å². The summed E-state index contributed by atoms with van der Waals surface area (Å²) >= 11 is 0. The lowest BCUT2D eigenvalue weighted by Gasteiger charge is -2.22. The molecule has 0 bridgehead atoms. The van der Waals surface area contributed by atoms with Gasteiger partial charge in [-0.05, 0) is 56.4 Å². The van der Waals surface area contributed by atoms with E-state index in [0.29, 0.717) is 0 Å². The van der Waals surface area contributed by atoms with E-state index in [-0.39, 0.29) is 6.04 Å². The van der Waals surface area contributed by atoms with Gasteiger partial charge in [-0.2, -0.15) is 5.26 Å². The quantitative estimate of drug-likeness (QED) is 0.860. The molecule has 0 spiro atoms. The molecule has 2 N–H and O–H groups in total. The molecule has 0 amide bonds. The molecule has 3 nitrogen and oxygen atoms in total. The van der Waals surface area contributed by atoms with E-state index in [9.17, 15) is 5.26 Å². The molecule has 1 heterocycles. The normalized spacial score (nSPS) is 17.6. The maximum absolute atomic E-state index is 9.46. The third kappa shape index (κ3) is 1.85. The highest BCUT2D eigenvalue weighted by Crippen LogP contribution is 2.33. The van der Waals surface area contributed by atoms with Gasteiger partial charge in [0, 0.05) is 17.4 Å². The van der Waals surface area contributed by atoms with Crippen LogP contribution in [-0.2, 0) is 6.42 Å². The lowest BCUT2D eigenvalue weighted by Crippen LogP contribution is -2.18. The monoisotopic (exact) mass is 265 g/mol. The van der Waals surface area contributed by atoms with Gasteiger partial charge in [-0.15, -0.1) is 0 Å². The van der Waals surface area contributed by atoms with E-state index >= 15 is 0 Å². The maximum atomic E-state index is 9.46. The molecule has 1 aliphatic rings. The molecule has 1 atom stereocenters. The Morgan fingerprint density at radius 1 is 1.35 bits per heavy atom. The zero-order valence-corrected chi connectivity index (χ0v) is 12.0. The molecule has 0 fully saturated rings. The van der Waals surface area contributed by atoms with Gasteiger partial charge in [0.2, 0.25) is 0 Å². The van der Waals surface area contributed by atoms with E-state index in [1.165, 1.54) is 11.3 Å². The van der Waals surface area contributed by atoms with E-state index in [1.807, 2.05) is 25.1 Å². The number of fused-ring (bicyclic) bond motifs is 1. The van der Waals surface area contributed by atoms with Crippen LogP contribution in [0.2, 0.25) is 0 Å². The molecule has 1 aromatic carbocycles. The van der Waals surface area contributed by atoms with Crippen LogP contribution in [0.3, 0.4) is 0 Å². The molecule has 102 valence electrons. The fourth-order valence-electron chi connectivity index (χ4n) is 3.26. The van der Waals surface area contributed by atoms with E-state index in [0.717, 1.165) is 41.8 Å². The van der Waals surface area contributed by atoms with Gasteiger partial charge in [0.15, 0.2) is 0 Å². The molecule has 0 saturated heterocycles. The summed E-state index contributed by atoms with van der Waals surface area (Å²) < 4.78 is 2.22. The third-order valence-electron chi connectivity index (χ3n) is 4.25. The number of rotatable bonds is 1. The standard InChI is InChI=1S/C17H19N3/c1-11-5-3-7-17(14(11)10-18)20-12(2)9-13-15(19)6-4-8-16(13)20/h3,5,7,9,15H,4,6,8,19H2,1-2H3. The molecule has 0 aliphatic heterocycles. The Labute approximate surface area is 119 Å². The van der Waals surface area contributed by atoms with E-state index in [1.54, 1.807) is 0 Å². The molecule has 1 aliphatic carbocycles. The van der Waals surface area contributed by atoms with Crippen molar-refractivity contribution in [2.45, 2.75) is 39.2 Å². The number of benzene rings is 1. The number of aromatic nitrogens is 1. The minimum Gasteiger partial charge on any atom is -0.324 e. The smallest absolute Gasteiger partial charge is 0.102 e. The summed E-state index contributed by atoms with van der Waals surface area (Å²) in [5, 5.41) is 9.46. The first-order valence-electron chi connectivity index (χ1n) is 7.10. The van der Waals surface area contributed by atoms with E-state index in [4.69, 9.17) is 5.73 Å². The number of hydrogen-bond donors (Lipinski definition) is 1. The molecule has 3 rings (SSSR count). The minimum atomic E-state index is 0.133. The predicted octanol–water partition coefficient (Wildman–Crippen LogP) is 3.30. The summed E-state index contributed by atoms with van der Waals surface area (Å²) in [6, 6.07) is 10.7. The first-order chi connectivity index (χ1) is 9.63. The molecule has 1 aromatic heterocycles. The molecule has 0 radical (unpaired) electrons. The Morgan fingerprint density at radius 2 is 2.15 bits per heavy atom. The summed E-state index contributed by atoms with van der Waals surface area (Å²) in [5.74, 6) is 0. The second-order valence-electron chi connectivity index (χ2n) is 5.60. The largest absolute Gasteiger partial charge is 0.324 e. The highest BCUT2D eigenvalue weighted by Gasteiger charge is 2.23. The summed E-state index contributed by atoms with van der Waals surface area (Å²) in [6.07, 6.45) is 3.20. The Balaban J connectivity index is 2.27. The van der Waals surface area contributed by atoms with Gasteiger partial charge in [0.1, 0.15) is 6.07 Å². The number of nitriles is 1. The predicted molar refractivity (Wildman–Crippen MR) is 79.8 cm³/mol. The Bertz CT molecular complexity index is 704. The number of nitrogens with zero attached hydrogens (tertiary/aromatic N) is 2. The van der Waals surface area contributed by atoms with Gasteiger partial charge >= 0.3 is 0 Å². The zero-order chi connectivity index (χ0) is 14.3. The Kier molecular flexibility index (Phi) is 3.11. The lowest BCUT2D eigenvalue weighted by atomic mass is 9.93. The number of hydrogen-bond acceptors (Lipinski definition) is 2. The highest BCUT2D eigenvalue weighted by molar-refractivity contribution is 5.56. The third-order valence-corrected chi connectivity index (χ3v) is 4.25. The van der Waals surface area contributed by atoms with Crippen molar-refractivity contribution in [2.24, 2.45) is 5.73 Å². The average molecular weight is 265 g/mol. The van der Waals surface area contributed by atoms with Crippen molar-refractivity contribution in [3.63, 3.8) is 0 Å². The van der Waals surface area contributed by atoms with Crippen molar-refractivity contribution >= 4 is 0 Å². The molecule has 20 heavy (non-hydrogen) atoms. The SMILES string of the molecule is Cc1cccc(-n2c(C)cc3c2CCCC3N)c1C#N. The van der Waals surface area contributed by atoms with Gasteiger partial charge in [-0.25, -0.2) is 0 Å². The zero-order valence-electron chi connectivity index (χ0n) is 12.0. The molecule has 0 saturated carbocycles. The van der Waals surface area contributed by atoms with Crippen molar-refractivity contribution in [3.8, 4) is 11.8 Å². The summed E-state index contributed by atoms with van der Waals surface area (Å²) in [4.78, 5) is 0. The fraction of sp³-hybridized carbons (Fsp3) is 0.353. The van der Waals surface area contributed by atoms with Crippen LogP contribution in [0.5, 0.6) is 0 Å². The van der Waals surface area contributed by atoms with Crippen LogP contribution in [0.25, 0.3) is 5.69 Å². The van der Waals surface area contributed by atoms with Crippen molar-refractivity contribution in [3.05, 3.63) is 52.3 Å². The summed E-state index contributed by atoms with van der Waals surface area (Å²) in [6.45, 7) is 4.08. The van der Waals surface area contributed by atoms with Gasteiger partial charge in [-0.3, -0.25) is 0 Å². The van der Waals surface area contributed by atoms with Crippen LogP contribution in [-0.4, -0.2) is 4.57 Å². The van der Waals surface area contributed by atoms with Crippen LogP contribution < -0.4 is 5.73 Å². The second kappa shape index (κ2) is 4.81. The Morgan fingerprint density at radius 3 is 2.90 bits per heavy atom. The van der Waals surface area contributed by atoms with Gasteiger partial charge < -0.3 is 10.3 Å². The van der Waals surface area contributed by atoms with Crippen molar-refractivity contribution in [1.29, 1.82) is 5.26 Å². The molecule has 2 aromatic rings. The summed E-state index contributed by atoms with van der Waals surface area (Å²) in [7, 11) is 0. The first-order valence-corrected chi connectivity index (χ1v) is 7.10. The Hall–Kier alpha value is -2.05. The van der Waals surface area contributed by atoms with Crippen LogP contribution >= 0.6 is 0 Å². The maximum Gasteiger partial charge on any atom is 0.102 e. The highest BCUT2D eigenvalue weighted by atomic mass is 15.0. The fourth-order valence-corrected chi connectivity index (χ4v) is 3.26. The van der Waals surface area contributed by atoms with Crippen molar-refractivity contribution < 1.29 is 0 Å². The number of aryl methyl sites for hydroxylation is 2. The second-order valence-corrected chi connectivity index (χ2v) is 5.60. The summed E-state index contributed by atoms with van der Waals surface area (Å²) in [5.41, 5.74) is 12.7. The first kappa shape index (κ1) is 13.0. The molecule has 3 heteroatoms. The van der Waals surface area contributed by atoms with Gasteiger partial charge in [-0.1, -0.05) is 12.1 Å². The van der Waals surface area contributed by atoms with E-state index < -0.39 is 0 Å². The molecular formula is C17H19N3.